The Balaban J connectivity index is 1.51. The van der Waals surface area contributed by atoms with Crippen LogP contribution in [0.2, 0.25) is 5.02 Å². The minimum atomic E-state index is -0.910. The summed E-state index contributed by atoms with van der Waals surface area (Å²) < 4.78 is 5.91. The van der Waals surface area contributed by atoms with Crippen LogP contribution < -0.4 is 5.48 Å². The van der Waals surface area contributed by atoms with Crippen molar-refractivity contribution >= 4 is 29.4 Å². The zero-order chi connectivity index (χ0) is 31.1. The van der Waals surface area contributed by atoms with Crippen molar-refractivity contribution in [1.82, 2.24) is 10.4 Å². The van der Waals surface area contributed by atoms with Crippen molar-refractivity contribution < 1.29 is 29.1 Å². The van der Waals surface area contributed by atoms with Crippen molar-refractivity contribution in [3.63, 3.8) is 0 Å². The summed E-state index contributed by atoms with van der Waals surface area (Å²) in [5, 5.41) is 9.55. The van der Waals surface area contributed by atoms with Gasteiger partial charge in [0.25, 0.3) is 11.8 Å². The van der Waals surface area contributed by atoms with Crippen molar-refractivity contribution in [1.29, 1.82) is 0 Å². The van der Waals surface area contributed by atoms with Gasteiger partial charge in [-0.2, -0.15) is 0 Å². The van der Waals surface area contributed by atoms with E-state index in [0.29, 0.717) is 28.3 Å². The van der Waals surface area contributed by atoms with Crippen molar-refractivity contribution in [3.8, 4) is 0 Å². The number of ether oxygens (including phenoxy) is 1. The summed E-state index contributed by atoms with van der Waals surface area (Å²) in [7, 11) is 0. The Morgan fingerprint density at radius 2 is 1.57 bits per heavy atom. The minimum Gasteiger partial charge on any atom is -0.481 e. The van der Waals surface area contributed by atoms with Gasteiger partial charge in [-0.05, 0) is 52.9 Å². The number of rotatable bonds is 12. The van der Waals surface area contributed by atoms with Crippen LogP contribution in [0.25, 0.3) is 0 Å². The molecule has 3 atom stereocenters. The molecule has 0 saturated carbocycles. The van der Waals surface area contributed by atoms with E-state index in [1.165, 1.54) is 0 Å². The quantitative estimate of drug-likeness (QED) is 0.183. The highest BCUT2D eigenvalue weighted by atomic mass is 35.5. The van der Waals surface area contributed by atoms with Gasteiger partial charge in [0.1, 0.15) is 0 Å². The second-order valence-corrected chi connectivity index (χ2v) is 10.9. The summed E-state index contributed by atoms with van der Waals surface area (Å²) in [6.45, 7) is 2.67. The number of nitrogens with zero attached hydrogens (tertiary/aromatic N) is 1. The highest BCUT2D eigenvalue weighted by Crippen LogP contribution is 2.47. The zero-order valence-corrected chi connectivity index (χ0v) is 24.9. The van der Waals surface area contributed by atoms with Crippen molar-refractivity contribution in [2.45, 2.75) is 38.0 Å². The molecule has 5 rings (SSSR count). The van der Waals surface area contributed by atoms with Gasteiger partial charge >= 0.3 is 5.97 Å². The van der Waals surface area contributed by atoms with Crippen LogP contribution in [0.1, 0.15) is 63.1 Å². The molecule has 0 unspecified atom stereocenters. The van der Waals surface area contributed by atoms with Gasteiger partial charge in [0.15, 0.2) is 0 Å². The molecule has 1 aliphatic rings. The Hall–Kier alpha value is -4.50. The number of fused-ring (bicyclic) bond motifs is 1. The molecule has 0 radical (unpaired) electrons. The van der Waals surface area contributed by atoms with E-state index in [0.717, 1.165) is 16.7 Å². The summed E-state index contributed by atoms with van der Waals surface area (Å²) in [4.78, 5) is 46.9. The lowest BCUT2D eigenvalue weighted by Gasteiger charge is -2.45. The van der Waals surface area contributed by atoms with Gasteiger partial charge < -0.3 is 14.7 Å². The molecule has 0 spiro atoms. The third-order valence-corrected chi connectivity index (χ3v) is 7.91. The lowest BCUT2D eigenvalue weighted by molar-refractivity contribution is -0.138. The fraction of sp³-hybridized carbons (Fsp3) is 0.229. The maximum Gasteiger partial charge on any atom is 0.307 e. The van der Waals surface area contributed by atoms with Crippen LogP contribution in [0.5, 0.6) is 0 Å². The number of aliphatic carboxylic acids is 1. The summed E-state index contributed by atoms with van der Waals surface area (Å²) in [5.74, 6) is -2.36. The van der Waals surface area contributed by atoms with Crippen LogP contribution in [-0.4, -0.2) is 41.0 Å². The average Bonchev–Trinajstić information content (AvgIpc) is 3.03. The lowest BCUT2D eigenvalue weighted by atomic mass is 9.78. The molecule has 0 bridgehead atoms. The minimum absolute atomic E-state index is 0.0681. The first-order valence-electron chi connectivity index (χ1n) is 14.4. The highest BCUT2D eigenvalue weighted by Gasteiger charge is 2.47. The zero-order valence-electron chi connectivity index (χ0n) is 24.2. The number of hydrogen-bond acceptors (Lipinski definition) is 5. The van der Waals surface area contributed by atoms with E-state index in [-0.39, 0.29) is 25.5 Å². The summed E-state index contributed by atoms with van der Waals surface area (Å²) in [5.41, 5.74) is 6.71. The predicted octanol–water partition coefficient (Wildman–Crippen LogP) is 6.27. The Morgan fingerprint density at radius 1 is 0.909 bits per heavy atom. The number of carbonyl (C=O) groups excluding carboxylic acids is 2. The van der Waals surface area contributed by atoms with Gasteiger partial charge in [-0.1, -0.05) is 96.5 Å². The largest absolute Gasteiger partial charge is 0.481 e. The molecule has 9 heteroatoms. The highest BCUT2D eigenvalue weighted by molar-refractivity contribution is 6.30. The second kappa shape index (κ2) is 14.3. The normalized spacial score (nSPS) is 16.7. The molecule has 0 aliphatic carbocycles. The average molecular weight is 613 g/mol. The van der Waals surface area contributed by atoms with E-state index in [2.05, 4.69) is 5.48 Å². The Morgan fingerprint density at radius 3 is 2.25 bits per heavy atom. The topological polar surface area (TPSA) is 105 Å². The first kappa shape index (κ1) is 30.9. The van der Waals surface area contributed by atoms with Gasteiger partial charge in [0, 0.05) is 17.2 Å². The van der Waals surface area contributed by atoms with Gasteiger partial charge in [0.05, 0.1) is 37.6 Å². The maximum atomic E-state index is 14.4. The first-order chi connectivity index (χ1) is 21.4. The van der Waals surface area contributed by atoms with Crippen LogP contribution in [0, 0.1) is 0 Å². The maximum absolute atomic E-state index is 14.4. The van der Waals surface area contributed by atoms with Crippen LogP contribution in [0.15, 0.2) is 103 Å². The number of carboxylic acids is 1. The molecule has 1 aliphatic heterocycles. The Bertz CT molecular complexity index is 1590. The second-order valence-electron chi connectivity index (χ2n) is 10.5. The fourth-order valence-electron chi connectivity index (χ4n) is 5.62. The summed E-state index contributed by atoms with van der Waals surface area (Å²) >= 11 is 6.25. The third-order valence-electron chi connectivity index (χ3n) is 7.66. The van der Waals surface area contributed by atoms with Crippen LogP contribution in [0.4, 0.5) is 0 Å². The van der Waals surface area contributed by atoms with E-state index >= 15 is 0 Å². The molecule has 4 aromatic carbocycles. The molecular weight excluding hydrogens is 580 g/mol. The van der Waals surface area contributed by atoms with Gasteiger partial charge in [-0.15, -0.1) is 0 Å². The monoisotopic (exact) mass is 612 g/mol. The standard InChI is InChI=1S/C35H33ClN2O6/c1-2-43-22-30(25-8-4-3-5-9-25)38-33(26-16-18-27(36)19-17-26)32(28-10-6-7-11-29(28)35(38)42)34(41)37-44-21-24-14-12-23(13-15-24)20-31(39)40/h3-19,30,32-33H,2,20-22H2,1H3,(H,37,41)(H,39,40)/t30-,32-,33+/m1/s1. The SMILES string of the molecule is CCOC[C@H](c1ccccc1)N1C(=O)c2ccccc2[C@@H](C(=O)NOCc2ccc(CC(=O)O)cc2)[C@@H]1c1ccc(Cl)cc1. The number of hydroxylamine groups is 1. The van der Waals surface area contributed by atoms with Crippen LogP contribution >= 0.6 is 11.6 Å². The van der Waals surface area contributed by atoms with E-state index < -0.39 is 29.9 Å². The molecule has 0 aromatic heterocycles. The first-order valence-corrected chi connectivity index (χ1v) is 14.8. The molecule has 226 valence electrons. The molecule has 1 heterocycles. The molecular formula is C35H33ClN2O6. The third kappa shape index (κ3) is 7.00. The molecule has 8 nitrogen and oxygen atoms in total. The van der Waals surface area contributed by atoms with Crippen molar-refractivity contribution in [3.05, 3.63) is 142 Å². The molecule has 2 amide bonds. The molecule has 0 fully saturated rings. The van der Waals surface area contributed by atoms with Crippen LogP contribution in [-0.2, 0) is 32.2 Å². The Labute approximate surface area is 261 Å². The molecule has 0 saturated heterocycles. The summed E-state index contributed by atoms with van der Waals surface area (Å²) in [6, 6.07) is 29.7. The number of halogens is 1. The fourth-order valence-corrected chi connectivity index (χ4v) is 5.74. The number of carbonyl (C=O) groups is 3. The number of nitrogens with one attached hydrogen (secondary N) is 1. The van der Waals surface area contributed by atoms with Crippen LogP contribution in [0.3, 0.4) is 0 Å². The smallest absolute Gasteiger partial charge is 0.307 e. The van der Waals surface area contributed by atoms with E-state index in [1.807, 2.05) is 55.5 Å². The molecule has 2 N–H and O–H groups in total. The number of amides is 2. The number of hydrogen-bond donors (Lipinski definition) is 2. The van der Waals surface area contributed by atoms with Gasteiger partial charge in [-0.3, -0.25) is 19.2 Å². The number of carboxylic acid groups (broad SMARTS) is 1. The summed E-state index contributed by atoms with van der Waals surface area (Å²) in [6.07, 6.45) is -0.0759. The molecule has 44 heavy (non-hydrogen) atoms. The van der Waals surface area contributed by atoms with Gasteiger partial charge in [-0.25, -0.2) is 5.48 Å². The van der Waals surface area contributed by atoms with Crippen molar-refractivity contribution in [2.24, 2.45) is 0 Å². The van der Waals surface area contributed by atoms with Gasteiger partial charge in [0.2, 0.25) is 0 Å². The van der Waals surface area contributed by atoms with E-state index in [9.17, 15) is 14.4 Å². The predicted molar refractivity (Wildman–Crippen MR) is 166 cm³/mol. The Kier molecular flexibility index (Phi) is 10.1. The number of benzene rings is 4. The van der Waals surface area contributed by atoms with Crippen molar-refractivity contribution in [2.75, 3.05) is 13.2 Å². The molecule has 4 aromatic rings. The van der Waals surface area contributed by atoms with E-state index in [1.54, 1.807) is 59.5 Å². The lowest BCUT2D eigenvalue weighted by Crippen LogP contribution is -2.49. The van der Waals surface area contributed by atoms with E-state index in [4.69, 9.17) is 26.3 Å².